The van der Waals surface area contributed by atoms with Crippen molar-refractivity contribution in [2.24, 2.45) is 0 Å². The Balaban J connectivity index is 3.06. The molecule has 3 nitrogen and oxygen atoms in total. The lowest BCUT2D eigenvalue weighted by Crippen LogP contribution is -2.29. The lowest BCUT2D eigenvalue weighted by atomic mass is 10.2. The highest BCUT2D eigenvalue weighted by Gasteiger charge is 1.98. The normalized spacial score (nSPS) is 13.5. The Morgan fingerprint density at radius 2 is 2.07 bits per heavy atom. The highest BCUT2D eigenvalue weighted by molar-refractivity contribution is 4.55. The van der Waals surface area contributed by atoms with Gasteiger partial charge < -0.3 is 15.0 Å². The predicted molar refractivity (Wildman–Crippen MR) is 61.7 cm³/mol. The monoisotopic (exact) mass is 202 g/mol. The van der Waals surface area contributed by atoms with Crippen LogP contribution in [0, 0.1) is 0 Å². The van der Waals surface area contributed by atoms with E-state index >= 15 is 0 Å². The number of hydrogen-bond acceptors (Lipinski definition) is 3. The van der Waals surface area contributed by atoms with Crippen LogP contribution in [0.15, 0.2) is 0 Å². The van der Waals surface area contributed by atoms with Crippen molar-refractivity contribution in [1.29, 1.82) is 0 Å². The van der Waals surface area contributed by atoms with Gasteiger partial charge in [-0.05, 0) is 39.9 Å². The number of methoxy groups -OCH3 is 1. The second kappa shape index (κ2) is 9.44. The third kappa shape index (κ3) is 8.48. The molecule has 3 heteroatoms. The maximum absolute atomic E-state index is 5.18. The van der Waals surface area contributed by atoms with E-state index in [1.807, 2.05) is 0 Å². The lowest BCUT2D eigenvalue weighted by Gasteiger charge is -2.14. The Morgan fingerprint density at radius 3 is 2.64 bits per heavy atom. The summed E-state index contributed by atoms with van der Waals surface area (Å²) in [5.74, 6) is 0. The van der Waals surface area contributed by atoms with E-state index in [0.717, 1.165) is 32.6 Å². The largest absolute Gasteiger partial charge is 0.382 e. The first-order valence-electron chi connectivity index (χ1n) is 5.62. The van der Waals surface area contributed by atoms with Crippen LogP contribution in [0.2, 0.25) is 0 Å². The van der Waals surface area contributed by atoms with Gasteiger partial charge in [-0.25, -0.2) is 0 Å². The van der Waals surface area contributed by atoms with Crippen LogP contribution in [0.5, 0.6) is 0 Å². The van der Waals surface area contributed by atoms with Gasteiger partial charge in [0.2, 0.25) is 0 Å². The third-order valence-corrected chi connectivity index (χ3v) is 2.58. The second-order valence-electron chi connectivity index (χ2n) is 3.83. The summed E-state index contributed by atoms with van der Waals surface area (Å²) < 4.78 is 5.18. The van der Waals surface area contributed by atoms with Gasteiger partial charge in [0.25, 0.3) is 0 Å². The molecule has 0 fully saturated rings. The van der Waals surface area contributed by atoms with Crippen LogP contribution in [0.1, 0.15) is 26.7 Å². The average molecular weight is 202 g/mol. The Hall–Kier alpha value is -0.120. The molecular formula is C11H26N2O. The smallest absolute Gasteiger partial charge is 0.0543 e. The molecule has 1 N–H and O–H groups in total. The van der Waals surface area contributed by atoms with E-state index in [-0.39, 0.29) is 0 Å². The maximum Gasteiger partial charge on any atom is 0.0543 e. The molecule has 0 radical (unpaired) electrons. The quantitative estimate of drug-likeness (QED) is 0.571. The molecule has 0 rings (SSSR count). The molecule has 86 valence electrons. The summed E-state index contributed by atoms with van der Waals surface area (Å²) in [6.45, 7) is 8.75. The van der Waals surface area contributed by atoms with Crippen LogP contribution in [-0.4, -0.2) is 51.3 Å². The van der Waals surface area contributed by atoms with Gasteiger partial charge in [0.05, 0.1) is 6.10 Å². The van der Waals surface area contributed by atoms with E-state index in [9.17, 15) is 0 Å². The Morgan fingerprint density at radius 1 is 1.36 bits per heavy atom. The zero-order chi connectivity index (χ0) is 10.8. The highest BCUT2D eigenvalue weighted by Crippen LogP contribution is 1.97. The SMILES string of the molecule is CCN(C)CCNCCCC(C)OC. The molecule has 0 bridgehead atoms. The summed E-state index contributed by atoms with van der Waals surface area (Å²) >= 11 is 0. The molecule has 0 spiro atoms. The summed E-state index contributed by atoms with van der Waals surface area (Å²) in [6.07, 6.45) is 2.74. The lowest BCUT2D eigenvalue weighted by molar-refractivity contribution is 0.109. The second-order valence-corrected chi connectivity index (χ2v) is 3.83. The number of rotatable bonds is 9. The van der Waals surface area contributed by atoms with Crippen molar-refractivity contribution < 1.29 is 4.74 Å². The molecule has 14 heavy (non-hydrogen) atoms. The minimum atomic E-state index is 0.398. The summed E-state index contributed by atoms with van der Waals surface area (Å²) in [5, 5.41) is 3.43. The first kappa shape index (κ1) is 13.9. The van der Waals surface area contributed by atoms with Crippen molar-refractivity contribution in [3.05, 3.63) is 0 Å². The fraction of sp³-hybridized carbons (Fsp3) is 1.00. The van der Waals surface area contributed by atoms with Gasteiger partial charge in [0.15, 0.2) is 0 Å². The van der Waals surface area contributed by atoms with E-state index in [1.54, 1.807) is 7.11 Å². The van der Waals surface area contributed by atoms with E-state index in [2.05, 4.69) is 31.1 Å². The number of likely N-dealkylation sites (N-methyl/N-ethyl adjacent to an activating group) is 1. The predicted octanol–water partition coefficient (Wildman–Crippen LogP) is 1.34. The van der Waals surface area contributed by atoms with Crippen molar-refractivity contribution in [3.8, 4) is 0 Å². The third-order valence-electron chi connectivity index (χ3n) is 2.58. The fourth-order valence-corrected chi connectivity index (χ4v) is 1.19. The van der Waals surface area contributed by atoms with Gasteiger partial charge in [-0.3, -0.25) is 0 Å². The molecule has 0 aliphatic rings. The number of nitrogens with zero attached hydrogens (tertiary/aromatic N) is 1. The van der Waals surface area contributed by atoms with Crippen LogP contribution in [0.4, 0.5) is 0 Å². The first-order valence-corrected chi connectivity index (χ1v) is 5.62. The highest BCUT2D eigenvalue weighted by atomic mass is 16.5. The standard InChI is InChI=1S/C11H26N2O/c1-5-13(3)10-9-12-8-6-7-11(2)14-4/h11-12H,5-10H2,1-4H3. The van der Waals surface area contributed by atoms with Gasteiger partial charge in [-0.15, -0.1) is 0 Å². The summed E-state index contributed by atoms with van der Waals surface area (Å²) in [5.41, 5.74) is 0. The molecule has 0 aliphatic heterocycles. The van der Waals surface area contributed by atoms with Gasteiger partial charge in [-0.1, -0.05) is 6.92 Å². The minimum absolute atomic E-state index is 0.398. The van der Waals surface area contributed by atoms with Gasteiger partial charge >= 0.3 is 0 Å². The van der Waals surface area contributed by atoms with E-state index in [4.69, 9.17) is 4.74 Å². The number of ether oxygens (including phenoxy) is 1. The summed E-state index contributed by atoms with van der Waals surface area (Å²) in [6, 6.07) is 0. The zero-order valence-electron chi connectivity index (χ0n) is 10.2. The molecule has 1 atom stereocenters. The van der Waals surface area contributed by atoms with Crippen molar-refractivity contribution in [2.45, 2.75) is 32.8 Å². The van der Waals surface area contributed by atoms with Crippen molar-refractivity contribution in [3.63, 3.8) is 0 Å². The van der Waals surface area contributed by atoms with E-state index in [0.29, 0.717) is 6.10 Å². The molecule has 0 saturated carbocycles. The van der Waals surface area contributed by atoms with Crippen LogP contribution < -0.4 is 5.32 Å². The Bertz CT molecular complexity index is 106. The molecule has 0 aliphatic carbocycles. The zero-order valence-corrected chi connectivity index (χ0v) is 10.2. The van der Waals surface area contributed by atoms with Crippen molar-refractivity contribution in [1.82, 2.24) is 10.2 Å². The van der Waals surface area contributed by atoms with E-state index < -0.39 is 0 Å². The average Bonchev–Trinajstić information content (AvgIpc) is 2.22. The molecule has 0 aromatic rings. The van der Waals surface area contributed by atoms with Gasteiger partial charge in [-0.2, -0.15) is 0 Å². The van der Waals surface area contributed by atoms with Gasteiger partial charge in [0.1, 0.15) is 0 Å². The molecule has 0 heterocycles. The van der Waals surface area contributed by atoms with Crippen LogP contribution in [0.25, 0.3) is 0 Å². The van der Waals surface area contributed by atoms with Crippen LogP contribution in [-0.2, 0) is 4.74 Å². The van der Waals surface area contributed by atoms with E-state index in [1.165, 1.54) is 6.42 Å². The molecule has 0 aromatic carbocycles. The Kier molecular flexibility index (Phi) is 9.35. The molecule has 0 amide bonds. The van der Waals surface area contributed by atoms with Gasteiger partial charge in [0, 0.05) is 20.2 Å². The number of nitrogens with one attached hydrogen (secondary N) is 1. The molecule has 0 aromatic heterocycles. The minimum Gasteiger partial charge on any atom is -0.382 e. The van der Waals surface area contributed by atoms with Crippen molar-refractivity contribution >= 4 is 0 Å². The molecule has 0 saturated heterocycles. The topological polar surface area (TPSA) is 24.5 Å². The molecular weight excluding hydrogens is 176 g/mol. The summed E-state index contributed by atoms with van der Waals surface area (Å²) in [7, 11) is 3.92. The van der Waals surface area contributed by atoms with Crippen LogP contribution >= 0.6 is 0 Å². The Labute approximate surface area is 88.8 Å². The number of hydrogen-bond donors (Lipinski definition) is 1. The van der Waals surface area contributed by atoms with Crippen LogP contribution in [0.3, 0.4) is 0 Å². The fourth-order valence-electron chi connectivity index (χ4n) is 1.19. The maximum atomic E-state index is 5.18. The molecule has 1 unspecified atom stereocenters. The van der Waals surface area contributed by atoms with Crippen molar-refractivity contribution in [2.75, 3.05) is 40.3 Å². The summed E-state index contributed by atoms with van der Waals surface area (Å²) in [4.78, 5) is 2.31. The first-order chi connectivity index (χ1) is 6.70.